The van der Waals surface area contributed by atoms with Gasteiger partial charge >= 0.3 is 11.9 Å². The summed E-state index contributed by atoms with van der Waals surface area (Å²) in [4.78, 5) is 75.6. The monoisotopic (exact) mass is 630 g/mol. The number of ether oxygens (including phenoxy) is 2. The highest BCUT2D eigenvalue weighted by Crippen LogP contribution is 2.20. The smallest absolute Gasteiger partial charge is 0.329 e. The number of aromatic nitrogens is 2. The Balaban J connectivity index is 1.61. The van der Waals surface area contributed by atoms with Crippen LogP contribution in [-0.4, -0.2) is 94.2 Å². The molecular weight excluding hydrogens is 588 g/mol. The molecule has 1 aromatic heterocycles. The van der Waals surface area contributed by atoms with Gasteiger partial charge < -0.3 is 29.5 Å². The number of nitrogens with one attached hydrogen (secondary N) is 3. The van der Waals surface area contributed by atoms with Crippen LogP contribution in [0.2, 0.25) is 0 Å². The first-order valence-electron chi connectivity index (χ1n) is 15.2. The van der Waals surface area contributed by atoms with Gasteiger partial charge in [0.2, 0.25) is 11.8 Å². The zero-order valence-electron chi connectivity index (χ0n) is 25.6. The molecule has 0 bridgehead atoms. The van der Waals surface area contributed by atoms with Crippen LogP contribution in [0.5, 0.6) is 0 Å². The zero-order valence-corrected chi connectivity index (χ0v) is 25.6. The van der Waals surface area contributed by atoms with Gasteiger partial charge in [-0.2, -0.15) is 0 Å². The summed E-state index contributed by atoms with van der Waals surface area (Å²) in [6.45, 7) is 3.79. The lowest BCUT2D eigenvalue weighted by atomic mass is 10.0. The van der Waals surface area contributed by atoms with E-state index >= 15 is 0 Å². The van der Waals surface area contributed by atoms with Crippen LogP contribution in [0.25, 0.3) is 0 Å². The summed E-state index contributed by atoms with van der Waals surface area (Å²) >= 11 is 0. The minimum atomic E-state index is -1.06. The molecule has 4 atom stereocenters. The highest BCUT2D eigenvalue weighted by molar-refractivity contribution is 5.92. The molecule has 15 heteroatoms. The number of imidazole rings is 1. The predicted octanol–water partition coefficient (Wildman–Crippen LogP) is 1.50. The molecule has 15 nitrogen and oxygen atoms in total. The molecule has 0 aliphatic carbocycles. The van der Waals surface area contributed by atoms with E-state index in [9.17, 15) is 29.3 Å². The van der Waals surface area contributed by atoms with Crippen LogP contribution in [0.4, 0.5) is 0 Å². The second kappa shape index (κ2) is 18.3. The Morgan fingerprint density at radius 2 is 1.84 bits per heavy atom. The fourth-order valence-electron chi connectivity index (χ4n) is 5.09. The number of unbranched alkanes of at least 4 members (excludes halogenated alkanes) is 1. The van der Waals surface area contributed by atoms with E-state index in [0.29, 0.717) is 50.8 Å². The molecule has 246 valence electrons. The number of H-pyrrole nitrogens is 1. The molecular formula is C30H42N6O9. The standard InChI is InChI=1S/C30H42N6O9/c1-3-43-29(39)24(14-13-22-10-5-4-6-11-22)33-21(2)28(38)35-15-9-12-26(35)27(37)34-25(18-23-19-31-20-32-23)30(40)44-16-7-8-17-45-36(41)42/h4-6,10-11,19-21,24-26,33H,3,7-9,12-18H2,1-2H3,(H,31,32)(H,34,37)/t21-,24-,25-,26-/m0/s1. The minimum absolute atomic E-state index is 0.0155. The van der Waals surface area contributed by atoms with Crippen molar-refractivity contribution in [3.63, 3.8) is 0 Å². The molecule has 1 fully saturated rings. The van der Waals surface area contributed by atoms with Crippen LogP contribution in [-0.2, 0) is 46.3 Å². The molecule has 0 radical (unpaired) electrons. The quantitative estimate of drug-likeness (QED) is 0.0881. The number of aryl methyl sites for hydroxylation is 1. The van der Waals surface area contributed by atoms with Crippen molar-refractivity contribution in [3.8, 4) is 0 Å². The first-order chi connectivity index (χ1) is 21.7. The van der Waals surface area contributed by atoms with Crippen molar-refractivity contribution in [1.29, 1.82) is 0 Å². The molecule has 0 unspecified atom stereocenters. The van der Waals surface area contributed by atoms with Gasteiger partial charge in [0.05, 0.1) is 32.2 Å². The van der Waals surface area contributed by atoms with Crippen molar-refractivity contribution in [2.45, 2.75) is 83.0 Å². The van der Waals surface area contributed by atoms with E-state index in [2.05, 4.69) is 25.4 Å². The fraction of sp³-hybridized carbons (Fsp3) is 0.567. The number of likely N-dealkylation sites (tertiary alicyclic amines) is 1. The Hall–Kier alpha value is -4.53. The minimum Gasteiger partial charge on any atom is -0.465 e. The van der Waals surface area contributed by atoms with Gasteiger partial charge in [-0.3, -0.25) is 19.7 Å². The summed E-state index contributed by atoms with van der Waals surface area (Å²) in [5.41, 5.74) is 1.64. The third kappa shape index (κ3) is 11.5. The topological polar surface area (TPSA) is 195 Å². The van der Waals surface area contributed by atoms with E-state index < -0.39 is 47.1 Å². The van der Waals surface area contributed by atoms with Gasteiger partial charge in [0.25, 0.3) is 5.09 Å². The molecule has 1 aromatic carbocycles. The number of carbonyl (C=O) groups is 4. The lowest BCUT2D eigenvalue weighted by molar-refractivity contribution is -0.757. The number of aromatic amines is 1. The molecule has 1 aliphatic rings. The summed E-state index contributed by atoms with van der Waals surface area (Å²) in [6.07, 6.45) is 5.71. The van der Waals surface area contributed by atoms with Crippen LogP contribution < -0.4 is 10.6 Å². The van der Waals surface area contributed by atoms with Crippen molar-refractivity contribution >= 4 is 23.8 Å². The SMILES string of the molecule is CCOC(=O)[C@H](CCc1ccccc1)N[C@@H](C)C(=O)N1CCC[C@H]1C(=O)N[C@@H](Cc1cnc[nH]1)C(=O)OCCCCO[N+](=O)[O-]. The normalized spacial score (nSPS) is 16.3. The average molecular weight is 631 g/mol. The van der Waals surface area contributed by atoms with Crippen molar-refractivity contribution in [2.75, 3.05) is 26.4 Å². The van der Waals surface area contributed by atoms with Gasteiger partial charge in [0, 0.05) is 24.9 Å². The molecule has 2 aromatic rings. The van der Waals surface area contributed by atoms with Crippen molar-refractivity contribution in [3.05, 3.63) is 64.2 Å². The largest absolute Gasteiger partial charge is 0.465 e. The van der Waals surface area contributed by atoms with E-state index in [1.807, 2.05) is 30.3 Å². The molecule has 2 amide bonds. The maximum Gasteiger partial charge on any atom is 0.329 e. The Kier molecular flexibility index (Phi) is 14.2. The number of amides is 2. The van der Waals surface area contributed by atoms with Gasteiger partial charge in [-0.05, 0) is 57.9 Å². The lowest BCUT2D eigenvalue weighted by Crippen LogP contribution is -2.56. The van der Waals surface area contributed by atoms with Gasteiger partial charge in [-0.25, -0.2) is 9.78 Å². The summed E-state index contributed by atoms with van der Waals surface area (Å²) in [5, 5.41) is 15.2. The number of carbonyl (C=O) groups excluding carboxylic acids is 4. The number of benzene rings is 1. The number of rotatable bonds is 19. The Labute approximate surface area is 261 Å². The number of hydrogen-bond acceptors (Lipinski definition) is 11. The molecule has 45 heavy (non-hydrogen) atoms. The molecule has 1 saturated heterocycles. The third-order valence-electron chi connectivity index (χ3n) is 7.36. The Morgan fingerprint density at radius 1 is 1.11 bits per heavy atom. The van der Waals surface area contributed by atoms with E-state index in [4.69, 9.17) is 9.47 Å². The molecule has 3 rings (SSSR count). The first-order valence-corrected chi connectivity index (χ1v) is 15.2. The summed E-state index contributed by atoms with van der Waals surface area (Å²) in [6, 6.07) is 6.30. The van der Waals surface area contributed by atoms with Crippen molar-refractivity contribution in [2.24, 2.45) is 0 Å². The second-order valence-electron chi connectivity index (χ2n) is 10.7. The lowest BCUT2D eigenvalue weighted by Gasteiger charge is -2.30. The Bertz CT molecular complexity index is 1240. The fourth-order valence-corrected chi connectivity index (χ4v) is 5.09. The van der Waals surface area contributed by atoms with Crippen LogP contribution in [0.3, 0.4) is 0 Å². The van der Waals surface area contributed by atoms with Crippen LogP contribution >= 0.6 is 0 Å². The highest BCUT2D eigenvalue weighted by atomic mass is 16.9. The molecule has 3 N–H and O–H groups in total. The van der Waals surface area contributed by atoms with Gasteiger partial charge in [0.1, 0.15) is 18.1 Å². The van der Waals surface area contributed by atoms with Crippen molar-refractivity contribution < 1.29 is 38.6 Å². The summed E-state index contributed by atoms with van der Waals surface area (Å²) in [7, 11) is 0. The maximum absolute atomic E-state index is 13.6. The third-order valence-corrected chi connectivity index (χ3v) is 7.36. The van der Waals surface area contributed by atoms with Crippen molar-refractivity contribution in [1.82, 2.24) is 25.5 Å². The number of nitrogens with zero attached hydrogens (tertiary/aromatic N) is 3. The highest BCUT2D eigenvalue weighted by Gasteiger charge is 2.38. The zero-order chi connectivity index (χ0) is 32.6. The van der Waals surface area contributed by atoms with Gasteiger partial charge in [-0.15, -0.1) is 10.1 Å². The molecule has 1 aliphatic heterocycles. The number of esters is 2. The summed E-state index contributed by atoms with van der Waals surface area (Å²) in [5.74, 6) is -1.98. The molecule has 0 saturated carbocycles. The van der Waals surface area contributed by atoms with E-state index in [1.54, 1.807) is 13.8 Å². The maximum atomic E-state index is 13.6. The van der Waals surface area contributed by atoms with E-state index in [0.717, 1.165) is 5.56 Å². The van der Waals surface area contributed by atoms with Gasteiger partial charge in [-0.1, -0.05) is 30.3 Å². The average Bonchev–Trinajstić information content (AvgIpc) is 3.73. The molecule has 2 heterocycles. The van der Waals surface area contributed by atoms with E-state index in [1.165, 1.54) is 17.4 Å². The van der Waals surface area contributed by atoms with E-state index in [-0.39, 0.29) is 32.1 Å². The number of hydrogen-bond donors (Lipinski definition) is 3. The summed E-state index contributed by atoms with van der Waals surface area (Å²) < 4.78 is 10.6. The first kappa shape index (κ1) is 35.0. The van der Waals surface area contributed by atoms with Gasteiger partial charge in [0.15, 0.2) is 0 Å². The van der Waals surface area contributed by atoms with Crippen LogP contribution in [0.1, 0.15) is 57.2 Å². The van der Waals surface area contributed by atoms with Crippen LogP contribution in [0.15, 0.2) is 42.9 Å². The van der Waals surface area contributed by atoms with Crippen LogP contribution in [0, 0.1) is 10.1 Å². The predicted molar refractivity (Wildman–Crippen MR) is 160 cm³/mol. The second-order valence-corrected chi connectivity index (χ2v) is 10.7. The Morgan fingerprint density at radius 3 is 2.53 bits per heavy atom. The molecule has 0 spiro atoms.